The van der Waals surface area contributed by atoms with Crippen molar-refractivity contribution in [2.45, 2.75) is 40.9 Å². The lowest BCUT2D eigenvalue weighted by molar-refractivity contribution is -0.385. The highest BCUT2D eigenvalue weighted by Gasteiger charge is 2.16. The van der Waals surface area contributed by atoms with Gasteiger partial charge in [-0.25, -0.2) is 0 Å². The summed E-state index contributed by atoms with van der Waals surface area (Å²) >= 11 is 2.18. The molecule has 0 amide bonds. The first-order valence-corrected chi connectivity index (χ1v) is 21.4. The predicted molar refractivity (Wildman–Crippen MR) is 267 cm³/mol. The Labute approximate surface area is 406 Å². The van der Waals surface area contributed by atoms with Gasteiger partial charge in [0.05, 0.1) is 49.7 Å². The molecule has 6 aromatic rings. The number of nitro groups is 2. The smallest absolute Gasteiger partial charge is 0.488 e. The van der Waals surface area contributed by atoms with Gasteiger partial charge in [0.1, 0.15) is 24.7 Å². The van der Waals surface area contributed by atoms with Crippen LogP contribution < -0.4 is 24.4 Å². The number of halogens is 1. The zero-order valence-electron chi connectivity index (χ0n) is 38.4. The second-order valence-corrected chi connectivity index (χ2v) is 15.8. The number of hydrogen-bond acceptors (Lipinski definition) is 16. The van der Waals surface area contributed by atoms with Crippen molar-refractivity contribution in [2.75, 3.05) is 28.4 Å². The van der Waals surface area contributed by atoms with E-state index in [0.717, 1.165) is 42.5 Å². The number of aryl methyl sites for hydroxylation is 2. The van der Waals surface area contributed by atoms with Gasteiger partial charge in [0.15, 0.2) is 23.0 Å². The van der Waals surface area contributed by atoms with Crippen molar-refractivity contribution < 1.29 is 58.7 Å². The fraction of sp³-hybridized carbons (Fsp3) is 0.208. The van der Waals surface area contributed by atoms with Gasteiger partial charge in [0.2, 0.25) is 0 Å². The molecule has 68 heavy (non-hydrogen) atoms. The maximum Gasteiger partial charge on any atom is 0.488 e. The second kappa shape index (κ2) is 25.5. The van der Waals surface area contributed by atoms with Crippen molar-refractivity contribution in [1.29, 1.82) is 0 Å². The molecule has 18 nitrogen and oxygen atoms in total. The van der Waals surface area contributed by atoms with Crippen LogP contribution >= 0.6 is 22.6 Å². The zero-order chi connectivity index (χ0) is 50.1. The van der Waals surface area contributed by atoms with Crippen LogP contribution in [0.15, 0.2) is 120 Å². The Balaban J connectivity index is 0.000000243. The number of aromatic hydroxyl groups is 2. The van der Waals surface area contributed by atoms with Crippen LogP contribution in [-0.2, 0) is 22.9 Å². The average molecular weight is 1040 g/mol. The summed E-state index contributed by atoms with van der Waals surface area (Å²) in [7, 11) is 4.67. The summed E-state index contributed by atoms with van der Waals surface area (Å²) in [5, 5.41) is 67.4. The Bertz CT molecular complexity index is 2750. The zero-order valence-corrected chi connectivity index (χ0v) is 40.6. The molecule has 0 aliphatic heterocycles. The number of methoxy groups -OCH3 is 4. The van der Waals surface area contributed by atoms with E-state index in [1.807, 2.05) is 44.2 Å². The Hall–Kier alpha value is -7.43. The molecular formula is C48H50BIN4O14. The quantitative estimate of drug-likeness (QED) is 0.0233. The van der Waals surface area contributed by atoms with E-state index in [4.69, 9.17) is 38.7 Å². The Morgan fingerprint density at radius 1 is 0.588 bits per heavy atom. The Morgan fingerprint density at radius 3 is 1.47 bits per heavy atom. The molecule has 0 bridgehead atoms. The molecule has 0 atom stereocenters. The lowest BCUT2D eigenvalue weighted by atomic mass is 9.80. The number of non-ortho nitro benzene ring substituents is 2. The molecule has 0 fully saturated rings. The molecule has 6 rings (SSSR count). The van der Waals surface area contributed by atoms with E-state index in [1.54, 1.807) is 76.6 Å². The minimum atomic E-state index is -1.49. The Kier molecular flexibility index (Phi) is 19.9. The van der Waals surface area contributed by atoms with Crippen LogP contribution in [0.3, 0.4) is 0 Å². The standard InChI is InChI=1S/C24H24N2O6.C16H15IN2O4.C8H11BO4/c1-15-11-21(18-7-10-23(30-3)24(12-18)31-4)20(13-22(15)27)16(2)25-32-14-17-5-8-19(9-6-17)26(28)29;1-10-7-15(17)14(8-16(10)20)11(2)18-23-9-12-3-5-13(6-4-12)19(21)22;1-12-7-4-3-6(9(10)11)5-8(7)13-2/h5-13,27H,14H2,1-4H3;3-8,20H,9H2,1-2H3;3-5,10-11H,1-2H3/b25-16+;18-11+;. The summed E-state index contributed by atoms with van der Waals surface area (Å²) in [5.74, 6) is 2.61. The molecule has 0 saturated carbocycles. The van der Waals surface area contributed by atoms with Crippen molar-refractivity contribution in [2.24, 2.45) is 10.3 Å². The lowest BCUT2D eigenvalue weighted by Gasteiger charge is -2.14. The van der Waals surface area contributed by atoms with Crippen molar-refractivity contribution in [1.82, 2.24) is 0 Å². The number of nitro benzene ring substituents is 2. The maximum atomic E-state index is 10.8. The van der Waals surface area contributed by atoms with Crippen LogP contribution in [0.4, 0.5) is 11.4 Å². The van der Waals surface area contributed by atoms with Crippen LogP contribution in [-0.4, -0.2) is 77.1 Å². The topological polar surface area (TPSA) is 247 Å². The molecule has 4 N–H and O–H groups in total. The fourth-order valence-corrected chi connectivity index (χ4v) is 7.14. The van der Waals surface area contributed by atoms with E-state index in [2.05, 4.69) is 32.9 Å². The summed E-state index contributed by atoms with van der Waals surface area (Å²) in [5.41, 5.74) is 7.91. The number of oxime groups is 2. The highest BCUT2D eigenvalue weighted by molar-refractivity contribution is 14.1. The first-order valence-electron chi connectivity index (χ1n) is 20.3. The normalized spacial score (nSPS) is 10.9. The number of hydrogen-bond donors (Lipinski definition) is 4. The van der Waals surface area contributed by atoms with Gasteiger partial charge >= 0.3 is 7.12 Å². The molecule has 0 saturated heterocycles. The van der Waals surface area contributed by atoms with Gasteiger partial charge in [-0.05, 0) is 162 Å². The van der Waals surface area contributed by atoms with Gasteiger partial charge in [0, 0.05) is 39.0 Å². The number of phenolic OH excluding ortho intramolecular Hbond substituents is 2. The number of rotatable bonds is 16. The van der Waals surface area contributed by atoms with Crippen LogP contribution in [0.25, 0.3) is 11.1 Å². The van der Waals surface area contributed by atoms with Crippen LogP contribution in [0, 0.1) is 37.6 Å². The number of ether oxygens (including phenoxy) is 4. The third-order valence-corrected chi connectivity index (χ3v) is 10.9. The minimum absolute atomic E-state index is 0.0168. The minimum Gasteiger partial charge on any atom is -0.508 e. The summed E-state index contributed by atoms with van der Waals surface area (Å²) in [6.45, 7) is 7.59. The first kappa shape index (κ1) is 53.2. The molecule has 0 spiro atoms. The third kappa shape index (κ3) is 14.8. The molecule has 6 aromatic carbocycles. The van der Waals surface area contributed by atoms with E-state index in [0.29, 0.717) is 45.4 Å². The van der Waals surface area contributed by atoms with Crippen LogP contribution in [0.1, 0.15) is 47.2 Å². The summed E-state index contributed by atoms with van der Waals surface area (Å²) in [6, 6.07) is 29.5. The maximum absolute atomic E-state index is 10.8. The fourth-order valence-electron chi connectivity index (χ4n) is 6.12. The van der Waals surface area contributed by atoms with Crippen LogP contribution in [0.5, 0.6) is 34.5 Å². The number of benzene rings is 6. The Morgan fingerprint density at radius 2 is 1.01 bits per heavy atom. The van der Waals surface area contributed by atoms with Gasteiger partial charge in [-0.1, -0.05) is 22.4 Å². The molecule has 0 unspecified atom stereocenters. The highest BCUT2D eigenvalue weighted by Crippen LogP contribution is 2.36. The van der Waals surface area contributed by atoms with E-state index in [1.165, 1.54) is 44.6 Å². The first-order chi connectivity index (χ1) is 32.4. The monoisotopic (exact) mass is 1040 g/mol. The van der Waals surface area contributed by atoms with Gasteiger partial charge in [0.25, 0.3) is 11.4 Å². The summed E-state index contributed by atoms with van der Waals surface area (Å²) in [4.78, 5) is 31.2. The lowest BCUT2D eigenvalue weighted by Crippen LogP contribution is -2.29. The molecule has 0 radical (unpaired) electrons. The van der Waals surface area contributed by atoms with Crippen molar-refractivity contribution in [3.8, 4) is 45.6 Å². The summed E-state index contributed by atoms with van der Waals surface area (Å²) in [6.07, 6.45) is 0. The molecule has 20 heteroatoms. The van der Waals surface area contributed by atoms with Crippen molar-refractivity contribution in [3.05, 3.63) is 166 Å². The van der Waals surface area contributed by atoms with Crippen molar-refractivity contribution in [3.63, 3.8) is 0 Å². The van der Waals surface area contributed by atoms with Gasteiger partial charge < -0.3 is 48.9 Å². The van der Waals surface area contributed by atoms with E-state index >= 15 is 0 Å². The van der Waals surface area contributed by atoms with Gasteiger partial charge in [-0.15, -0.1) is 0 Å². The SMILES string of the molecule is C/C(=N\OCc1ccc([N+](=O)[O-])cc1)c1cc(O)c(C)cc1I.COc1ccc(-c2cc(C)c(O)cc2/C(C)=N/OCc2ccc([N+](=O)[O-])cc2)cc1OC.COc1ccc(B(O)O)cc1OC. The molecule has 0 heterocycles. The average Bonchev–Trinajstić information content (AvgIpc) is 3.33. The molecule has 0 aromatic heterocycles. The second-order valence-electron chi connectivity index (χ2n) is 14.6. The molecule has 0 aliphatic rings. The predicted octanol–water partition coefficient (Wildman–Crippen LogP) is 8.77. The van der Waals surface area contributed by atoms with Crippen LogP contribution in [0.2, 0.25) is 0 Å². The highest BCUT2D eigenvalue weighted by atomic mass is 127. The summed E-state index contributed by atoms with van der Waals surface area (Å²) < 4.78 is 21.7. The van der Waals surface area contributed by atoms with Gasteiger partial charge in [-0.2, -0.15) is 0 Å². The largest absolute Gasteiger partial charge is 0.508 e. The van der Waals surface area contributed by atoms with Gasteiger partial charge in [-0.3, -0.25) is 20.2 Å². The molecule has 356 valence electrons. The van der Waals surface area contributed by atoms with E-state index < -0.39 is 17.0 Å². The number of nitrogens with zero attached hydrogens (tertiary/aromatic N) is 4. The van der Waals surface area contributed by atoms with E-state index in [9.17, 15) is 30.4 Å². The van der Waals surface area contributed by atoms with E-state index in [-0.39, 0.29) is 36.1 Å². The van der Waals surface area contributed by atoms with Crippen molar-refractivity contribution >= 4 is 58.0 Å². The number of phenols is 2. The third-order valence-electron chi connectivity index (χ3n) is 9.96. The molecular weight excluding hydrogens is 994 g/mol. The molecule has 0 aliphatic carbocycles.